The first kappa shape index (κ1) is 16.7. The topological polar surface area (TPSA) is 84.5 Å². The lowest BCUT2D eigenvalue weighted by Gasteiger charge is -2.22. The van der Waals surface area contributed by atoms with Crippen molar-refractivity contribution in [1.82, 2.24) is 5.32 Å². The fourth-order valence-corrected chi connectivity index (χ4v) is 2.78. The third-order valence-corrected chi connectivity index (χ3v) is 3.88. The number of halogens is 1. The van der Waals surface area contributed by atoms with Crippen LogP contribution in [0.5, 0.6) is 0 Å². The Kier molecular flexibility index (Phi) is 5.36. The number of hydrogen-bond donors (Lipinski definition) is 2. The van der Waals surface area contributed by atoms with Crippen LogP contribution in [0.2, 0.25) is 0 Å². The van der Waals surface area contributed by atoms with Crippen LogP contribution in [0, 0.1) is 5.82 Å². The molecule has 1 amide bonds. The molecule has 1 aromatic rings. The van der Waals surface area contributed by atoms with E-state index in [1.807, 2.05) is 4.72 Å². The summed E-state index contributed by atoms with van der Waals surface area (Å²) in [6.45, 7) is 1.07. The summed E-state index contributed by atoms with van der Waals surface area (Å²) in [5, 5.41) is 2.71. The van der Waals surface area contributed by atoms with Gasteiger partial charge in [0, 0.05) is 18.7 Å². The fraction of sp³-hybridized carbons (Fsp3) is 0.500. The maximum atomic E-state index is 13.6. The Labute approximate surface area is 129 Å². The summed E-state index contributed by atoms with van der Waals surface area (Å²) in [5.41, 5.74) is -0.0626. The van der Waals surface area contributed by atoms with Gasteiger partial charge in [-0.05, 0) is 37.5 Å². The van der Waals surface area contributed by atoms with Crippen molar-refractivity contribution in [3.8, 4) is 0 Å². The number of carbonyl (C=O) groups is 1. The van der Waals surface area contributed by atoms with Crippen LogP contribution in [0.3, 0.4) is 0 Å². The van der Waals surface area contributed by atoms with Gasteiger partial charge in [-0.1, -0.05) is 0 Å². The molecule has 1 saturated heterocycles. The standard InChI is InChI=1S/C14H19FN2O4S/c1-22(19,20)17-13-8-10(5-6-12(13)15)14(18)16-9-11-4-2-3-7-21-11/h5-6,8,11,17H,2-4,7,9H2,1H3,(H,16,18)/t11-/m1/s1. The minimum atomic E-state index is -3.61. The predicted octanol–water partition coefficient (Wildman–Crippen LogP) is 1.50. The molecule has 8 heteroatoms. The van der Waals surface area contributed by atoms with Crippen LogP contribution >= 0.6 is 0 Å². The Morgan fingerprint density at radius 3 is 2.82 bits per heavy atom. The van der Waals surface area contributed by atoms with E-state index in [1.54, 1.807) is 0 Å². The highest BCUT2D eigenvalue weighted by atomic mass is 32.2. The normalized spacial score (nSPS) is 18.7. The zero-order valence-corrected chi connectivity index (χ0v) is 13.1. The van der Waals surface area contributed by atoms with Crippen molar-refractivity contribution in [2.24, 2.45) is 0 Å². The van der Waals surface area contributed by atoms with Gasteiger partial charge in [0.2, 0.25) is 10.0 Å². The van der Waals surface area contributed by atoms with Gasteiger partial charge in [0.05, 0.1) is 18.0 Å². The van der Waals surface area contributed by atoms with Gasteiger partial charge >= 0.3 is 0 Å². The smallest absolute Gasteiger partial charge is 0.251 e. The number of ether oxygens (including phenoxy) is 1. The predicted molar refractivity (Wildman–Crippen MR) is 80.8 cm³/mol. The zero-order valence-electron chi connectivity index (χ0n) is 12.3. The van der Waals surface area contributed by atoms with Crippen molar-refractivity contribution in [2.75, 3.05) is 24.1 Å². The number of benzene rings is 1. The molecule has 0 radical (unpaired) electrons. The number of rotatable bonds is 5. The van der Waals surface area contributed by atoms with Gasteiger partial charge in [0.1, 0.15) is 5.82 Å². The molecule has 1 heterocycles. The molecular weight excluding hydrogens is 311 g/mol. The van der Waals surface area contributed by atoms with Crippen molar-refractivity contribution >= 4 is 21.6 Å². The first-order chi connectivity index (χ1) is 10.3. The highest BCUT2D eigenvalue weighted by Crippen LogP contribution is 2.17. The summed E-state index contributed by atoms with van der Waals surface area (Å²) in [6, 6.07) is 3.53. The van der Waals surface area contributed by atoms with E-state index in [2.05, 4.69) is 5.32 Å². The quantitative estimate of drug-likeness (QED) is 0.857. The maximum Gasteiger partial charge on any atom is 0.251 e. The molecule has 0 unspecified atom stereocenters. The average Bonchev–Trinajstić information content (AvgIpc) is 2.47. The largest absolute Gasteiger partial charge is 0.376 e. The molecule has 0 spiro atoms. The van der Waals surface area contributed by atoms with Crippen molar-refractivity contribution in [3.63, 3.8) is 0 Å². The molecule has 1 atom stereocenters. The van der Waals surface area contributed by atoms with Crippen LogP contribution in [0.25, 0.3) is 0 Å². The van der Waals surface area contributed by atoms with Crippen LogP contribution in [0.4, 0.5) is 10.1 Å². The third kappa shape index (κ3) is 4.96. The van der Waals surface area contributed by atoms with E-state index < -0.39 is 21.7 Å². The summed E-state index contributed by atoms with van der Waals surface area (Å²) < 4.78 is 43.5. The van der Waals surface area contributed by atoms with E-state index in [0.717, 1.165) is 31.6 Å². The molecule has 0 aliphatic carbocycles. The van der Waals surface area contributed by atoms with Crippen LogP contribution in [-0.2, 0) is 14.8 Å². The van der Waals surface area contributed by atoms with E-state index in [1.165, 1.54) is 12.1 Å². The van der Waals surface area contributed by atoms with Crippen molar-refractivity contribution < 1.29 is 22.3 Å². The Bertz CT molecular complexity index is 642. The lowest BCUT2D eigenvalue weighted by molar-refractivity contribution is 0.0169. The van der Waals surface area contributed by atoms with Gasteiger partial charge < -0.3 is 10.1 Å². The highest BCUT2D eigenvalue weighted by Gasteiger charge is 2.16. The Balaban J connectivity index is 2.01. The van der Waals surface area contributed by atoms with Crippen LogP contribution in [-0.4, -0.2) is 39.8 Å². The number of sulfonamides is 1. The molecule has 0 bridgehead atoms. The van der Waals surface area contributed by atoms with Crippen molar-refractivity contribution in [1.29, 1.82) is 0 Å². The van der Waals surface area contributed by atoms with E-state index in [-0.39, 0.29) is 17.4 Å². The SMILES string of the molecule is CS(=O)(=O)Nc1cc(C(=O)NC[C@H]2CCCCO2)ccc1F. The lowest BCUT2D eigenvalue weighted by atomic mass is 10.1. The monoisotopic (exact) mass is 330 g/mol. The van der Waals surface area contributed by atoms with Crippen LogP contribution in [0.1, 0.15) is 29.6 Å². The molecule has 2 N–H and O–H groups in total. The molecule has 0 saturated carbocycles. The summed E-state index contributed by atoms with van der Waals surface area (Å²) in [7, 11) is -3.61. The molecule has 22 heavy (non-hydrogen) atoms. The van der Waals surface area contributed by atoms with E-state index in [9.17, 15) is 17.6 Å². The molecule has 1 fully saturated rings. The number of nitrogens with one attached hydrogen (secondary N) is 2. The highest BCUT2D eigenvalue weighted by molar-refractivity contribution is 7.92. The van der Waals surface area contributed by atoms with Gasteiger partial charge in [0.25, 0.3) is 5.91 Å². The lowest BCUT2D eigenvalue weighted by Crippen LogP contribution is -2.35. The Morgan fingerprint density at radius 1 is 1.41 bits per heavy atom. The molecule has 2 rings (SSSR count). The second kappa shape index (κ2) is 7.06. The van der Waals surface area contributed by atoms with E-state index in [0.29, 0.717) is 13.2 Å². The maximum absolute atomic E-state index is 13.6. The second-order valence-corrected chi connectivity index (χ2v) is 7.02. The Hall–Kier alpha value is -1.67. The number of carbonyl (C=O) groups excluding carboxylic acids is 1. The second-order valence-electron chi connectivity index (χ2n) is 5.27. The van der Waals surface area contributed by atoms with E-state index in [4.69, 9.17) is 4.74 Å². The fourth-order valence-electron chi connectivity index (χ4n) is 2.22. The minimum absolute atomic E-state index is 0.00763. The summed E-state index contributed by atoms with van der Waals surface area (Å²) in [6.07, 6.45) is 3.90. The van der Waals surface area contributed by atoms with Gasteiger partial charge in [-0.15, -0.1) is 0 Å². The number of hydrogen-bond acceptors (Lipinski definition) is 4. The Morgan fingerprint density at radius 2 is 2.18 bits per heavy atom. The molecule has 1 aromatic carbocycles. The van der Waals surface area contributed by atoms with Crippen molar-refractivity contribution in [2.45, 2.75) is 25.4 Å². The number of anilines is 1. The van der Waals surface area contributed by atoms with Gasteiger partial charge in [-0.3, -0.25) is 9.52 Å². The average molecular weight is 330 g/mol. The molecule has 122 valence electrons. The molecule has 0 aromatic heterocycles. The summed E-state index contributed by atoms with van der Waals surface area (Å²) in [5.74, 6) is -1.14. The molecular formula is C14H19FN2O4S. The molecule has 1 aliphatic heterocycles. The zero-order chi connectivity index (χ0) is 16.2. The molecule has 1 aliphatic rings. The van der Waals surface area contributed by atoms with Gasteiger partial charge in [-0.2, -0.15) is 0 Å². The summed E-state index contributed by atoms with van der Waals surface area (Å²) in [4.78, 5) is 12.1. The van der Waals surface area contributed by atoms with Gasteiger partial charge in [-0.25, -0.2) is 12.8 Å². The number of amides is 1. The van der Waals surface area contributed by atoms with Crippen molar-refractivity contribution in [3.05, 3.63) is 29.6 Å². The minimum Gasteiger partial charge on any atom is -0.376 e. The first-order valence-corrected chi connectivity index (χ1v) is 8.91. The van der Waals surface area contributed by atoms with Crippen LogP contribution < -0.4 is 10.0 Å². The van der Waals surface area contributed by atoms with Gasteiger partial charge in [0.15, 0.2) is 0 Å². The molecule has 6 nitrogen and oxygen atoms in total. The third-order valence-electron chi connectivity index (χ3n) is 3.29. The van der Waals surface area contributed by atoms with E-state index >= 15 is 0 Å². The summed E-state index contributed by atoms with van der Waals surface area (Å²) >= 11 is 0. The van der Waals surface area contributed by atoms with Crippen LogP contribution in [0.15, 0.2) is 18.2 Å². The first-order valence-electron chi connectivity index (χ1n) is 7.02.